The molecule has 1 atom stereocenters. The van der Waals surface area contributed by atoms with Gasteiger partial charge in [-0.25, -0.2) is 0 Å². The van der Waals surface area contributed by atoms with Gasteiger partial charge >= 0.3 is 0 Å². The fourth-order valence-corrected chi connectivity index (χ4v) is 4.01. The second-order valence-electron chi connectivity index (χ2n) is 7.69. The smallest absolute Gasteiger partial charge is 0.242 e. The van der Waals surface area contributed by atoms with Gasteiger partial charge in [0, 0.05) is 12.6 Å². The average Bonchev–Trinajstić information content (AvgIpc) is 3.25. The molecule has 1 heterocycles. The molecule has 2 amide bonds. The highest BCUT2D eigenvalue weighted by atomic mass is 35.5. The highest BCUT2D eigenvalue weighted by Gasteiger charge is 2.31. The molecule has 1 aromatic carbocycles. The maximum Gasteiger partial charge on any atom is 0.242 e. The van der Waals surface area contributed by atoms with Crippen LogP contribution in [0.2, 0.25) is 0 Å². The maximum absolute atomic E-state index is 13.3. The molecule has 0 N–H and O–H groups in total. The van der Waals surface area contributed by atoms with Crippen LogP contribution in [0.4, 0.5) is 0 Å². The molecule has 1 aliphatic rings. The predicted octanol–water partition coefficient (Wildman–Crippen LogP) is 4.60. The average molecular weight is 417 g/mol. The Bertz CT molecular complexity index is 771. The highest BCUT2D eigenvalue weighted by Crippen LogP contribution is 2.24. The summed E-state index contributed by atoms with van der Waals surface area (Å²) >= 11 is 6.12. The van der Waals surface area contributed by atoms with E-state index in [0.29, 0.717) is 13.1 Å². The van der Waals surface area contributed by atoms with E-state index in [1.54, 1.807) is 23.0 Å². The van der Waals surface area contributed by atoms with Gasteiger partial charge in [0.2, 0.25) is 11.8 Å². The Labute approximate surface area is 177 Å². The maximum atomic E-state index is 13.3. The first-order valence-electron chi connectivity index (χ1n) is 10.3. The second-order valence-corrected chi connectivity index (χ2v) is 8.34. The van der Waals surface area contributed by atoms with Crippen LogP contribution in [-0.2, 0) is 22.7 Å². The first-order chi connectivity index (χ1) is 14.0. The number of halogens is 1. The van der Waals surface area contributed by atoms with E-state index in [1.807, 2.05) is 42.5 Å². The summed E-state index contributed by atoms with van der Waals surface area (Å²) in [6, 6.07) is 13.6. The Morgan fingerprint density at radius 2 is 1.79 bits per heavy atom. The Hall–Kier alpha value is -2.27. The van der Waals surface area contributed by atoms with Crippen molar-refractivity contribution in [3.05, 3.63) is 60.1 Å². The normalized spacial score (nSPS) is 15.7. The number of benzene rings is 1. The van der Waals surface area contributed by atoms with Gasteiger partial charge in [0.1, 0.15) is 17.7 Å². The van der Waals surface area contributed by atoms with Crippen LogP contribution in [0.25, 0.3) is 0 Å². The summed E-state index contributed by atoms with van der Waals surface area (Å²) in [5.41, 5.74) is 1.04. The quantitative estimate of drug-likeness (QED) is 0.591. The van der Waals surface area contributed by atoms with Crippen LogP contribution in [0, 0.1) is 0 Å². The Balaban J connectivity index is 1.77. The number of hydrogen-bond acceptors (Lipinski definition) is 3. The minimum absolute atomic E-state index is 0.0497. The van der Waals surface area contributed by atoms with Crippen molar-refractivity contribution >= 4 is 23.4 Å². The van der Waals surface area contributed by atoms with E-state index in [2.05, 4.69) is 0 Å². The molecule has 0 saturated heterocycles. The Kier molecular flexibility index (Phi) is 7.76. The molecule has 1 unspecified atom stereocenters. The van der Waals surface area contributed by atoms with Crippen LogP contribution >= 0.6 is 11.6 Å². The van der Waals surface area contributed by atoms with Crippen molar-refractivity contribution < 1.29 is 14.0 Å². The lowest BCUT2D eigenvalue weighted by Gasteiger charge is -2.36. The molecular formula is C23H29ClN2O3. The minimum Gasteiger partial charge on any atom is -0.467 e. The molecule has 0 radical (unpaired) electrons. The van der Waals surface area contributed by atoms with Crippen molar-refractivity contribution in [3.8, 4) is 0 Å². The molecule has 3 rings (SSSR count). The first-order valence-corrected chi connectivity index (χ1v) is 10.8. The van der Waals surface area contributed by atoms with Crippen LogP contribution in [0.15, 0.2) is 53.1 Å². The highest BCUT2D eigenvalue weighted by molar-refractivity contribution is 6.30. The number of alkyl halides is 1. The third-order valence-corrected chi connectivity index (χ3v) is 5.63. The van der Waals surface area contributed by atoms with Gasteiger partial charge in [-0.2, -0.15) is 0 Å². The number of carbonyl (C=O) groups is 2. The van der Waals surface area contributed by atoms with Gasteiger partial charge in [-0.1, -0.05) is 49.6 Å². The summed E-state index contributed by atoms with van der Waals surface area (Å²) in [7, 11) is 0. The lowest BCUT2D eigenvalue weighted by Crippen LogP contribution is -2.49. The molecular weight excluding hydrogens is 388 g/mol. The number of carbonyl (C=O) groups excluding carboxylic acids is 2. The zero-order valence-corrected chi connectivity index (χ0v) is 17.7. The van der Waals surface area contributed by atoms with Gasteiger partial charge in [-0.3, -0.25) is 9.59 Å². The topological polar surface area (TPSA) is 53.8 Å². The number of nitrogens with zero attached hydrogens (tertiary/aromatic N) is 2. The minimum atomic E-state index is -0.641. The standard InChI is InChI=1S/C23H29ClN2O3/c1-18(24)23(28)26(20-11-6-3-7-12-20)17-22(27)25(16-21-13-8-14-29-21)15-19-9-4-2-5-10-19/h2,4-5,8-10,13-14,18,20H,3,6-7,11-12,15-17H2,1H3. The molecule has 1 aliphatic carbocycles. The largest absolute Gasteiger partial charge is 0.467 e. The summed E-state index contributed by atoms with van der Waals surface area (Å²) in [5.74, 6) is 0.460. The van der Waals surface area contributed by atoms with Crippen molar-refractivity contribution in [1.29, 1.82) is 0 Å². The van der Waals surface area contributed by atoms with Gasteiger partial charge in [0.25, 0.3) is 0 Å². The summed E-state index contributed by atoms with van der Waals surface area (Å²) in [5, 5.41) is -0.641. The molecule has 1 fully saturated rings. The predicted molar refractivity (Wildman–Crippen MR) is 113 cm³/mol. The molecule has 0 bridgehead atoms. The van der Waals surface area contributed by atoms with Crippen molar-refractivity contribution in [2.45, 2.75) is 63.5 Å². The molecule has 0 aliphatic heterocycles. The molecule has 2 aromatic rings. The molecule has 5 nitrogen and oxygen atoms in total. The zero-order valence-electron chi connectivity index (χ0n) is 16.9. The lowest BCUT2D eigenvalue weighted by atomic mass is 9.94. The van der Waals surface area contributed by atoms with E-state index >= 15 is 0 Å². The van der Waals surface area contributed by atoms with Crippen LogP contribution in [0.3, 0.4) is 0 Å². The van der Waals surface area contributed by atoms with E-state index in [1.165, 1.54) is 6.42 Å². The molecule has 0 spiro atoms. The van der Waals surface area contributed by atoms with Gasteiger partial charge in [0.05, 0.1) is 12.8 Å². The SMILES string of the molecule is CC(Cl)C(=O)N(CC(=O)N(Cc1ccccc1)Cc1ccco1)C1CCCCC1. The first kappa shape index (κ1) is 21.4. The van der Waals surface area contributed by atoms with Crippen molar-refractivity contribution in [2.24, 2.45) is 0 Å². The number of hydrogen-bond donors (Lipinski definition) is 0. The molecule has 1 saturated carbocycles. The lowest BCUT2D eigenvalue weighted by molar-refractivity contribution is -0.143. The van der Waals surface area contributed by atoms with E-state index in [-0.39, 0.29) is 24.4 Å². The van der Waals surface area contributed by atoms with Gasteiger partial charge < -0.3 is 14.2 Å². The molecule has 156 valence electrons. The van der Waals surface area contributed by atoms with Crippen LogP contribution in [0.5, 0.6) is 0 Å². The fourth-order valence-electron chi connectivity index (χ4n) is 3.88. The second kappa shape index (κ2) is 10.5. The van der Waals surface area contributed by atoms with E-state index in [9.17, 15) is 9.59 Å². The number of amides is 2. The Morgan fingerprint density at radius 1 is 1.07 bits per heavy atom. The summed E-state index contributed by atoms with van der Waals surface area (Å²) < 4.78 is 5.46. The number of rotatable bonds is 8. The molecule has 6 heteroatoms. The van der Waals surface area contributed by atoms with E-state index < -0.39 is 5.38 Å². The van der Waals surface area contributed by atoms with Crippen LogP contribution < -0.4 is 0 Å². The fraction of sp³-hybridized carbons (Fsp3) is 0.478. The zero-order chi connectivity index (χ0) is 20.6. The van der Waals surface area contributed by atoms with Crippen molar-refractivity contribution in [1.82, 2.24) is 9.80 Å². The van der Waals surface area contributed by atoms with Crippen molar-refractivity contribution in [2.75, 3.05) is 6.54 Å². The Morgan fingerprint density at radius 3 is 2.41 bits per heavy atom. The third-order valence-electron chi connectivity index (χ3n) is 5.44. The van der Waals surface area contributed by atoms with Gasteiger partial charge in [-0.15, -0.1) is 11.6 Å². The summed E-state index contributed by atoms with van der Waals surface area (Å²) in [6.45, 7) is 2.55. The van der Waals surface area contributed by atoms with Gasteiger partial charge in [0.15, 0.2) is 0 Å². The third kappa shape index (κ3) is 6.10. The van der Waals surface area contributed by atoms with Crippen molar-refractivity contribution in [3.63, 3.8) is 0 Å². The molecule has 29 heavy (non-hydrogen) atoms. The monoisotopic (exact) mass is 416 g/mol. The van der Waals surface area contributed by atoms with E-state index in [4.69, 9.17) is 16.0 Å². The van der Waals surface area contributed by atoms with Gasteiger partial charge in [-0.05, 0) is 37.5 Å². The van der Waals surface area contributed by atoms with Crippen LogP contribution in [-0.4, -0.2) is 39.6 Å². The summed E-state index contributed by atoms with van der Waals surface area (Å²) in [4.78, 5) is 29.5. The van der Waals surface area contributed by atoms with Crippen LogP contribution in [0.1, 0.15) is 50.4 Å². The summed E-state index contributed by atoms with van der Waals surface area (Å²) in [6.07, 6.45) is 6.81. The number of furan rings is 1. The molecule has 1 aromatic heterocycles. The van der Waals surface area contributed by atoms with E-state index in [0.717, 1.165) is 37.0 Å².